The Morgan fingerprint density at radius 1 is 1.08 bits per heavy atom. The van der Waals surface area contributed by atoms with Gasteiger partial charge in [0.25, 0.3) is 0 Å². The number of Topliss-reactive ketones (excluding diaryl/α,β-unsaturated/α-hetero) is 1. The summed E-state index contributed by atoms with van der Waals surface area (Å²) in [6.07, 6.45) is 0.550. The van der Waals surface area contributed by atoms with E-state index in [-0.39, 0.29) is 18.1 Å². The number of hydrogen-bond acceptors (Lipinski definition) is 2. The van der Waals surface area contributed by atoms with Gasteiger partial charge in [0.1, 0.15) is 12.9 Å². The molecule has 12 heavy (non-hydrogen) atoms. The van der Waals surface area contributed by atoms with Crippen LogP contribution in [0.25, 0.3) is 0 Å². The monoisotopic (exact) mass is 180 g/mol. The zero-order chi connectivity index (χ0) is 8.60. The Morgan fingerprint density at radius 2 is 1.67 bits per heavy atom. The van der Waals surface area contributed by atoms with Crippen LogP contribution >= 0.6 is 7.14 Å². The number of carbonyl (C=O) groups excluding carboxylic acids is 1. The highest BCUT2D eigenvalue weighted by atomic mass is 31.2. The summed E-state index contributed by atoms with van der Waals surface area (Å²) in [5.41, 5.74) is 0. The SMILES string of the molecule is O=C1CP(=O)(c2ccccc2)C1. The maximum atomic E-state index is 11.9. The molecule has 0 atom stereocenters. The highest BCUT2D eigenvalue weighted by molar-refractivity contribution is 7.76. The van der Waals surface area contributed by atoms with Gasteiger partial charge in [0, 0.05) is 5.30 Å². The van der Waals surface area contributed by atoms with Gasteiger partial charge in [0.15, 0.2) is 0 Å². The van der Waals surface area contributed by atoms with Crippen LogP contribution < -0.4 is 5.30 Å². The second-order valence-corrected chi connectivity index (χ2v) is 6.01. The zero-order valence-corrected chi connectivity index (χ0v) is 7.46. The van der Waals surface area contributed by atoms with E-state index in [1.54, 1.807) is 0 Å². The summed E-state index contributed by atoms with van der Waals surface area (Å²) in [4.78, 5) is 10.7. The van der Waals surface area contributed by atoms with Crippen molar-refractivity contribution in [2.75, 3.05) is 12.3 Å². The first-order chi connectivity index (χ1) is 5.71. The van der Waals surface area contributed by atoms with Gasteiger partial charge in [0.05, 0.1) is 12.3 Å². The molecule has 1 aromatic rings. The number of rotatable bonds is 1. The van der Waals surface area contributed by atoms with Crippen molar-refractivity contribution in [3.63, 3.8) is 0 Å². The van der Waals surface area contributed by atoms with Gasteiger partial charge in [0.2, 0.25) is 0 Å². The summed E-state index contributed by atoms with van der Waals surface area (Å²) in [5, 5.41) is 0.851. The smallest absolute Gasteiger partial charge is 0.148 e. The minimum atomic E-state index is -2.25. The van der Waals surface area contributed by atoms with Crippen molar-refractivity contribution in [3.05, 3.63) is 30.3 Å². The molecule has 1 aromatic carbocycles. The van der Waals surface area contributed by atoms with Gasteiger partial charge in [-0.25, -0.2) is 0 Å². The van der Waals surface area contributed by atoms with Gasteiger partial charge in [-0.2, -0.15) is 0 Å². The molecule has 0 unspecified atom stereocenters. The molecular weight excluding hydrogens is 171 g/mol. The topological polar surface area (TPSA) is 34.1 Å². The van der Waals surface area contributed by atoms with Gasteiger partial charge in [-0.3, -0.25) is 4.79 Å². The van der Waals surface area contributed by atoms with Crippen molar-refractivity contribution in [3.8, 4) is 0 Å². The van der Waals surface area contributed by atoms with E-state index in [0.29, 0.717) is 0 Å². The molecule has 1 aliphatic heterocycles. The standard InChI is InChI=1S/C9H9O2P/c10-8-6-12(11,7-8)9-4-2-1-3-5-9/h1-5H,6-7H2. The van der Waals surface area contributed by atoms with Crippen LogP contribution in [0.3, 0.4) is 0 Å². The van der Waals surface area contributed by atoms with Crippen molar-refractivity contribution in [1.82, 2.24) is 0 Å². The molecule has 2 nitrogen and oxygen atoms in total. The molecule has 3 heteroatoms. The third kappa shape index (κ3) is 1.12. The molecule has 1 heterocycles. The zero-order valence-electron chi connectivity index (χ0n) is 6.56. The van der Waals surface area contributed by atoms with Gasteiger partial charge >= 0.3 is 0 Å². The summed E-state index contributed by atoms with van der Waals surface area (Å²) in [5.74, 6) is 0.127. The van der Waals surface area contributed by atoms with Gasteiger partial charge in [-0.1, -0.05) is 30.3 Å². The Morgan fingerprint density at radius 3 is 2.17 bits per heavy atom. The highest BCUT2D eigenvalue weighted by Crippen LogP contribution is 2.51. The van der Waals surface area contributed by atoms with E-state index in [1.165, 1.54) is 0 Å². The molecule has 1 aliphatic rings. The van der Waals surface area contributed by atoms with Crippen LogP contribution in [0, 0.1) is 0 Å². The minimum absolute atomic E-state index is 0.127. The second-order valence-electron chi connectivity index (χ2n) is 3.08. The van der Waals surface area contributed by atoms with Crippen LogP contribution in [-0.2, 0) is 9.36 Å². The number of ketones is 1. The average molecular weight is 180 g/mol. The van der Waals surface area contributed by atoms with E-state index in [1.807, 2.05) is 30.3 Å². The lowest BCUT2D eigenvalue weighted by atomic mass is 10.4. The lowest BCUT2D eigenvalue weighted by molar-refractivity contribution is -0.115. The molecule has 0 N–H and O–H groups in total. The molecule has 2 rings (SSSR count). The lowest BCUT2D eigenvalue weighted by Gasteiger charge is -2.25. The minimum Gasteiger partial charge on any atom is -0.318 e. The second kappa shape index (κ2) is 2.56. The fourth-order valence-corrected chi connectivity index (χ4v) is 3.53. The van der Waals surface area contributed by atoms with E-state index >= 15 is 0 Å². The number of carbonyl (C=O) groups is 1. The van der Waals surface area contributed by atoms with Crippen LogP contribution in [0.1, 0.15) is 0 Å². The Kier molecular flexibility index (Phi) is 1.66. The Hall–Kier alpha value is -0.880. The van der Waals surface area contributed by atoms with Crippen LogP contribution in [0.15, 0.2) is 30.3 Å². The average Bonchev–Trinajstić information content (AvgIpc) is 2.04. The molecule has 0 saturated carbocycles. The van der Waals surface area contributed by atoms with Crippen molar-refractivity contribution in [1.29, 1.82) is 0 Å². The molecular formula is C9H9O2P. The predicted octanol–water partition coefficient (Wildman–Crippen LogP) is 1.26. The molecule has 0 radical (unpaired) electrons. The molecule has 0 aliphatic carbocycles. The fourth-order valence-electron chi connectivity index (χ4n) is 1.41. The molecule has 0 spiro atoms. The quantitative estimate of drug-likeness (QED) is 0.609. The van der Waals surface area contributed by atoms with Crippen molar-refractivity contribution in [2.45, 2.75) is 0 Å². The summed E-state index contributed by atoms with van der Waals surface area (Å²) >= 11 is 0. The normalized spacial score (nSPS) is 20.2. The first kappa shape index (κ1) is 7.75. The fraction of sp³-hybridized carbons (Fsp3) is 0.222. The molecule has 0 amide bonds. The van der Waals surface area contributed by atoms with E-state index in [9.17, 15) is 9.36 Å². The van der Waals surface area contributed by atoms with Gasteiger partial charge in [-0.05, 0) is 0 Å². The van der Waals surface area contributed by atoms with Crippen LogP contribution in [0.5, 0.6) is 0 Å². The molecule has 0 aromatic heterocycles. The third-order valence-corrected chi connectivity index (χ3v) is 5.06. The van der Waals surface area contributed by atoms with Crippen LogP contribution in [0.2, 0.25) is 0 Å². The predicted molar refractivity (Wildman–Crippen MR) is 48.4 cm³/mol. The Labute approximate surface area is 71.0 Å². The summed E-state index contributed by atoms with van der Waals surface area (Å²) in [7, 11) is -2.25. The van der Waals surface area contributed by atoms with Crippen molar-refractivity contribution in [2.24, 2.45) is 0 Å². The van der Waals surface area contributed by atoms with Crippen LogP contribution in [-0.4, -0.2) is 18.1 Å². The van der Waals surface area contributed by atoms with E-state index < -0.39 is 7.14 Å². The van der Waals surface area contributed by atoms with E-state index in [4.69, 9.17) is 0 Å². The number of hydrogen-bond donors (Lipinski definition) is 0. The molecule has 1 saturated heterocycles. The Bertz CT molecular complexity index is 344. The molecule has 62 valence electrons. The summed E-state index contributed by atoms with van der Waals surface area (Å²) < 4.78 is 11.9. The Balaban J connectivity index is 2.33. The molecule has 1 fully saturated rings. The van der Waals surface area contributed by atoms with E-state index in [2.05, 4.69) is 0 Å². The van der Waals surface area contributed by atoms with Crippen molar-refractivity contribution < 1.29 is 9.36 Å². The van der Waals surface area contributed by atoms with Gasteiger partial charge in [-0.15, -0.1) is 0 Å². The van der Waals surface area contributed by atoms with Crippen LogP contribution in [0.4, 0.5) is 0 Å². The third-order valence-electron chi connectivity index (χ3n) is 2.09. The summed E-state index contributed by atoms with van der Waals surface area (Å²) in [6.45, 7) is 0. The first-order valence-corrected chi connectivity index (χ1v) is 5.94. The summed E-state index contributed by atoms with van der Waals surface area (Å²) in [6, 6.07) is 9.28. The lowest BCUT2D eigenvalue weighted by Crippen LogP contribution is -2.30. The van der Waals surface area contributed by atoms with Crippen molar-refractivity contribution >= 4 is 18.2 Å². The maximum Gasteiger partial charge on any atom is 0.148 e. The molecule has 0 bridgehead atoms. The van der Waals surface area contributed by atoms with Gasteiger partial charge < -0.3 is 4.57 Å². The van der Waals surface area contributed by atoms with E-state index in [0.717, 1.165) is 5.30 Å². The largest absolute Gasteiger partial charge is 0.318 e. The number of benzene rings is 1. The maximum absolute atomic E-state index is 11.9. The first-order valence-electron chi connectivity index (χ1n) is 3.86. The highest BCUT2D eigenvalue weighted by Gasteiger charge is 2.39.